The highest BCUT2D eigenvalue weighted by molar-refractivity contribution is 14.0. The lowest BCUT2D eigenvalue weighted by Crippen LogP contribution is -2.37. The molecule has 1 aromatic heterocycles. The first kappa shape index (κ1) is 21.3. The zero-order valence-electron chi connectivity index (χ0n) is 15.4. The van der Waals surface area contributed by atoms with Crippen molar-refractivity contribution in [1.82, 2.24) is 20.4 Å². The molecule has 1 aromatic carbocycles. The highest BCUT2D eigenvalue weighted by Crippen LogP contribution is 2.20. The zero-order valence-corrected chi connectivity index (χ0v) is 17.7. The van der Waals surface area contributed by atoms with Crippen LogP contribution < -0.4 is 15.4 Å². The van der Waals surface area contributed by atoms with Gasteiger partial charge < -0.3 is 15.4 Å². The summed E-state index contributed by atoms with van der Waals surface area (Å²) >= 11 is 0. The molecule has 7 heteroatoms. The van der Waals surface area contributed by atoms with Crippen LogP contribution in [0.25, 0.3) is 0 Å². The number of nitrogens with zero attached hydrogens (tertiary/aromatic N) is 3. The fraction of sp³-hybridized carbons (Fsp3) is 0.444. The van der Waals surface area contributed by atoms with Crippen molar-refractivity contribution in [2.75, 3.05) is 20.2 Å². The molecule has 0 aliphatic carbocycles. The fourth-order valence-corrected chi connectivity index (χ4v) is 2.42. The molecule has 2 aromatic rings. The highest BCUT2D eigenvalue weighted by atomic mass is 127. The molecule has 0 aliphatic rings. The second-order valence-electron chi connectivity index (χ2n) is 5.67. The Labute approximate surface area is 167 Å². The third-order valence-electron chi connectivity index (χ3n) is 3.66. The monoisotopic (exact) mass is 457 g/mol. The summed E-state index contributed by atoms with van der Waals surface area (Å²) in [6.45, 7) is 6.20. The molecule has 2 N–H and O–H groups in total. The van der Waals surface area contributed by atoms with Crippen LogP contribution in [0, 0.1) is 6.92 Å². The van der Waals surface area contributed by atoms with Gasteiger partial charge in [0.05, 0.1) is 12.8 Å². The Morgan fingerprint density at radius 3 is 2.76 bits per heavy atom. The molecule has 0 atom stereocenters. The van der Waals surface area contributed by atoms with E-state index in [1.54, 1.807) is 7.05 Å². The summed E-state index contributed by atoms with van der Waals surface area (Å²) in [4.78, 5) is 4.27. The van der Waals surface area contributed by atoms with Crippen LogP contribution in [0.1, 0.15) is 23.6 Å². The van der Waals surface area contributed by atoms with Gasteiger partial charge in [0, 0.05) is 38.9 Å². The molecule has 0 bridgehead atoms. The van der Waals surface area contributed by atoms with E-state index >= 15 is 0 Å². The summed E-state index contributed by atoms with van der Waals surface area (Å²) in [5.74, 6) is 1.71. The molecule has 2 rings (SSSR count). The van der Waals surface area contributed by atoms with Crippen LogP contribution in [0.3, 0.4) is 0 Å². The zero-order chi connectivity index (χ0) is 17.4. The second-order valence-corrected chi connectivity index (χ2v) is 5.67. The quantitative estimate of drug-likeness (QED) is 0.381. The first-order valence-electron chi connectivity index (χ1n) is 8.26. The van der Waals surface area contributed by atoms with Crippen molar-refractivity contribution in [3.8, 4) is 5.75 Å². The van der Waals surface area contributed by atoms with E-state index in [0.717, 1.165) is 30.2 Å². The number of guanidine groups is 1. The topological polar surface area (TPSA) is 63.5 Å². The Morgan fingerprint density at radius 1 is 1.32 bits per heavy atom. The average molecular weight is 457 g/mol. The number of aliphatic imine (C=N–C) groups is 1. The van der Waals surface area contributed by atoms with Gasteiger partial charge >= 0.3 is 0 Å². The third kappa shape index (κ3) is 6.93. The Bertz CT molecular complexity index is 684. The van der Waals surface area contributed by atoms with Gasteiger partial charge in [0.15, 0.2) is 5.96 Å². The van der Waals surface area contributed by atoms with Crippen molar-refractivity contribution in [2.24, 2.45) is 12.0 Å². The highest BCUT2D eigenvalue weighted by Gasteiger charge is 2.05. The molecule has 0 aliphatic heterocycles. The van der Waals surface area contributed by atoms with Crippen molar-refractivity contribution in [3.63, 3.8) is 0 Å². The van der Waals surface area contributed by atoms with Gasteiger partial charge in [-0.05, 0) is 37.5 Å². The van der Waals surface area contributed by atoms with E-state index < -0.39 is 0 Å². The minimum atomic E-state index is 0. The number of halogens is 1. The normalized spacial score (nSPS) is 11.0. The molecule has 0 unspecified atom stereocenters. The molecule has 6 nitrogen and oxygen atoms in total. The first-order valence-corrected chi connectivity index (χ1v) is 8.26. The predicted octanol–water partition coefficient (Wildman–Crippen LogP) is 2.65. The number of rotatable bonds is 7. The smallest absolute Gasteiger partial charge is 0.191 e. The van der Waals surface area contributed by atoms with Crippen LogP contribution in [0.4, 0.5) is 0 Å². The minimum Gasteiger partial charge on any atom is -0.494 e. The van der Waals surface area contributed by atoms with Crippen LogP contribution in [0.15, 0.2) is 35.6 Å². The largest absolute Gasteiger partial charge is 0.494 e. The molecule has 0 spiro atoms. The SMILES string of the molecule is CCOc1cc(C)ccc1CNC(=NC)NCCc1cnn(C)c1.I. The molecule has 1 heterocycles. The number of hydrogen-bond acceptors (Lipinski definition) is 3. The average Bonchev–Trinajstić information content (AvgIpc) is 2.98. The van der Waals surface area contributed by atoms with Gasteiger partial charge in [-0.15, -0.1) is 24.0 Å². The maximum Gasteiger partial charge on any atom is 0.191 e. The van der Waals surface area contributed by atoms with E-state index in [4.69, 9.17) is 4.74 Å². The Balaban J connectivity index is 0.00000312. The molecular formula is C18H28IN5O. The van der Waals surface area contributed by atoms with E-state index in [0.29, 0.717) is 13.2 Å². The van der Waals surface area contributed by atoms with Crippen LogP contribution in [-0.4, -0.2) is 35.9 Å². The summed E-state index contributed by atoms with van der Waals surface area (Å²) in [6, 6.07) is 6.26. The molecule has 25 heavy (non-hydrogen) atoms. The van der Waals surface area contributed by atoms with Gasteiger partial charge in [0.2, 0.25) is 0 Å². The van der Waals surface area contributed by atoms with Crippen LogP contribution in [0.5, 0.6) is 5.75 Å². The molecular weight excluding hydrogens is 429 g/mol. The number of ether oxygens (including phenoxy) is 1. The lowest BCUT2D eigenvalue weighted by molar-refractivity contribution is 0.336. The lowest BCUT2D eigenvalue weighted by atomic mass is 10.1. The van der Waals surface area contributed by atoms with Gasteiger partial charge in [-0.3, -0.25) is 9.67 Å². The van der Waals surface area contributed by atoms with Crippen LogP contribution in [-0.2, 0) is 20.0 Å². The van der Waals surface area contributed by atoms with Crippen molar-refractivity contribution in [2.45, 2.75) is 26.8 Å². The summed E-state index contributed by atoms with van der Waals surface area (Å²) in [6.07, 6.45) is 4.82. The van der Waals surface area contributed by atoms with Crippen molar-refractivity contribution in [1.29, 1.82) is 0 Å². The first-order chi connectivity index (χ1) is 11.6. The number of nitrogens with one attached hydrogen (secondary N) is 2. The van der Waals surface area contributed by atoms with Gasteiger partial charge in [0.1, 0.15) is 5.75 Å². The third-order valence-corrected chi connectivity index (χ3v) is 3.66. The summed E-state index contributed by atoms with van der Waals surface area (Å²) in [5.41, 5.74) is 3.52. The number of benzene rings is 1. The standard InChI is InChI=1S/C18H27N5O.HI/c1-5-24-17-10-14(2)6-7-16(17)12-21-18(19-3)20-9-8-15-11-22-23(4)13-15;/h6-7,10-11,13H,5,8-9,12H2,1-4H3,(H2,19,20,21);1H. The number of hydrogen-bond donors (Lipinski definition) is 2. The second kappa shape index (κ2) is 11.0. The summed E-state index contributed by atoms with van der Waals surface area (Å²) < 4.78 is 7.53. The van der Waals surface area contributed by atoms with E-state index in [2.05, 4.69) is 45.8 Å². The molecule has 0 fully saturated rings. The van der Waals surface area contributed by atoms with Crippen molar-refractivity contribution >= 4 is 29.9 Å². The van der Waals surface area contributed by atoms with Crippen molar-refractivity contribution < 1.29 is 4.74 Å². The molecule has 0 amide bonds. The lowest BCUT2D eigenvalue weighted by Gasteiger charge is -2.14. The predicted molar refractivity (Wildman–Crippen MR) is 113 cm³/mol. The van der Waals surface area contributed by atoms with Gasteiger partial charge in [0.25, 0.3) is 0 Å². The Kier molecular flexibility index (Phi) is 9.33. The maximum atomic E-state index is 5.72. The summed E-state index contributed by atoms with van der Waals surface area (Å²) in [5, 5.41) is 10.8. The van der Waals surface area contributed by atoms with Gasteiger partial charge in [-0.2, -0.15) is 5.10 Å². The molecule has 138 valence electrons. The fourth-order valence-electron chi connectivity index (χ4n) is 2.42. The van der Waals surface area contributed by atoms with Gasteiger partial charge in [-0.25, -0.2) is 0 Å². The van der Waals surface area contributed by atoms with Gasteiger partial charge in [-0.1, -0.05) is 12.1 Å². The van der Waals surface area contributed by atoms with E-state index in [-0.39, 0.29) is 24.0 Å². The number of aryl methyl sites for hydroxylation is 2. The van der Waals surface area contributed by atoms with Crippen LogP contribution >= 0.6 is 24.0 Å². The minimum absolute atomic E-state index is 0. The van der Waals surface area contributed by atoms with Crippen molar-refractivity contribution in [3.05, 3.63) is 47.3 Å². The van der Waals surface area contributed by atoms with Crippen LogP contribution in [0.2, 0.25) is 0 Å². The Hall–Kier alpha value is -1.77. The number of aromatic nitrogens is 2. The molecule has 0 radical (unpaired) electrons. The summed E-state index contributed by atoms with van der Waals surface area (Å²) in [7, 11) is 3.70. The Morgan fingerprint density at radius 2 is 2.12 bits per heavy atom. The maximum absolute atomic E-state index is 5.72. The van der Waals surface area contributed by atoms with E-state index in [1.807, 2.05) is 31.0 Å². The van der Waals surface area contributed by atoms with E-state index in [9.17, 15) is 0 Å². The van der Waals surface area contributed by atoms with E-state index in [1.165, 1.54) is 11.1 Å². The molecule has 0 saturated heterocycles. The molecule has 0 saturated carbocycles.